The molecule has 17 heavy (non-hydrogen) atoms. The lowest BCUT2D eigenvalue weighted by Crippen LogP contribution is -2.08. The number of hydrogen-bond donors (Lipinski definition) is 1. The number of aliphatic hydroxyl groups is 1. The van der Waals surface area contributed by atoms with Crippen LogP contribution < -0.4 is 0 Å². The minimum Gasteiger partial charge on any atom is -0.393 e. The van der Waals surface area contributed by atoms with Gasteiger partial charge in [-0.3, -0.25) is 0 Å². The first-order valence-electron chi connectivity index (χ1n) is 6.28. The highest BCUT2D eigenvalue weighted by Crippen LogP contribution is 2.28. The second kappa shape index (κ2) is 4.89. The van der Waals surface area contributed by atoms with Crippen molar-refractivity contribution in [2.75, 3.05) is 0 Å². The maximum atomic E-state index is 9.67. The molecule has 1 heteroatoms. The maximum Gasteiger partial charge on any atom is 0.0552 e. The Bertz CT molecular complexity index is 512. The van der Waals surface area contributed by atoms with Crippen molar-refractivity contribution in [3.8, 4) is 0 Å². The summed E-state index contributed by atoms with van der Waals surface area (Å²) in [5, 5.41) is 12.2. The van der Waals surface area contributed by atoms with Crippen molar-refractivity contribution >= 4 is 10.8 Å². The van der Waals surface area contributed by atoms with Crippen LogP contribution in [-0.4, -0.2) is 11.2 Å². The van der Waals surface area contributed by atoms with Gasteiger partial charge in [-0.15, -0.1) is 0 Å². The summed E-state index contributed by atoms with van der Waals surface area (Å²) in [5.74, 6) is 0.494. The molecule has 0 aliphatic rings. The number of hydrogen-bond acceptors (Lipinski definition) is 1. The first kappa shape index (κ1) is 12.1. The highest BCUT2D eigenvalue weighted by molar-refractivity contribution is 5.87. The highest BCUT2D eigenvalue weighted by Gasteiger charge is 2.12. The van der Waals surface area contributed by atoms with E-state index in [1.165, 1.54) is 21.9 Å². The summed E-state index contributed by atoms with van der Waals surface area (Å²) in [5.41, 5.74) is 2.65. The monoisotopic (exact) mass is 228 g/mol. The van der Waals surface area contributed by atoms with Crippen LogP contribution in [0.15, 0.2) is 36.4 Å². The molecule has 2 aromatic carbocycles. The molecule has 0 bridgehead atoms. The van der Waals surface area contributed by atoms with Crippen LogP contribution in [0, 0.1) is 0 Å². The Labute approximate surface area is 103 Å². The lowest BCUT2D eigenvalue weighted by molar-refractivity contribution is 0.195. The molecule has 2 aromatic rings. The fourth-order valence-corrected chi connectivity index (χ4v) is 2.42. The second-order valence-electron chi connectivity index (χ2n) is 5.06. The molecule has 0 spiro atoms. The van der Waals surface area contributed by atoms with Crippen LogP contribution in [0.2, 0.25) is 0 Å². The molecule has 0 saturated carbocycles. The van der Waals surface area contributed by atoms with E-state index in [1.54, 1.807) is 0 Å². The first-order valence-corrected chi connectivity index (χ1v) is 6.28. The van der Waals surface area contributed by atoms with Gasteiger partial charge in [0.1, 0.15) is 0 Å². The molecular formula is C16H20O. The van der Waals surface area contributed by atoms with Gasteiger partial charge in [-0.05, 0) is 41.2 Å². The molecule has 2 rings (SSSR count). The minimum absolute atomic E-state index is 0.293. The van der Waals surface area contributed by atoms with Crippen LogP contribution in [0.5, 0.6) is 0 Å². The lowest BCUT2D eigenvalue weighted by Gasteiger charge is -2.17. The molecule has 0 radical (unpaired) electrons. The third-order valence-electron chi connectivity index (χ3n) is 3.20. The van der Waals surface area contributed by atoms with Crippen molar-refractivity contribution in [1.82, 2.24) is 0 Å². The number of aliphatic hydroxyl groups excluding tert-OH is 1. The van der Waals surface area contributed by atoms with Gasteiger partial charge in [0.25, 0.3) is 0 Å². The summed E-state index contributed by atoms with van der Waals surface area (Å²) in [4.78, 5) is 0. The summed E-state index contributed by atoms with van der Waals surface area (Å²) < 4.78 is 0. The van der Waals surface area contributed by atoms with E-state index in [1.807, 2.05) is 6.92 Å². The topological polar surface area (TPSA) is 20.2 Å². The van der Waals surface area contributed by atoms with Crippen LogP contribution in [0.25, 0.3) is 10.8 Å². The van der Waals surface area contributed by atoms with Crippen LogP contribution in [0.1, 0.15) is 37.8 Å². The summed E-state index contributed by atoms with van der Waals surface area (Å²) >= 11 is 0. The SMILES string of the molecule is CC(O)Cc1c(C(C)C)ccc2ccccc12. The van der Waals surface area contributed by atoms with Crippen LogP contribution >= 0.6 is 0 Å². The van der Waals surface area contributed by atoms with Crippen LogP contribution in [0.3, 0.4) is 0 Å². The molecule has 1 atom stereocenters. The van der Waals surface area contributed by atoms with Crippen LogP contribution in [-0.2, 0) is 6.42 Å². The van der Waals surface area contributed by atoms with Crippen molar-refractivity contribution in [2.24, 2.45) is 0 Å². The van der Waals surface area contributed by atoms with Gasteiger partial charge in [0.15, 0.2) is 0 Å². The third kappa shape index (κ3) is 2.50. The molecule has 0 amide bonds. The molecule has 0 aromatic heterocycles. The van der Waals surface area contributed by atoms with Crippen LogP contribution in [0.4, 0.5) is 0 Å². The van der Waals surface area contributed by atoms with Gasteiger partial charge >= 0.3 is 0 Å². The maximum absolute atomic E-state index is 9.67. The second-order valence-corrected chi connectivity index (χ2v) is 5.06. The van der Waals surface area contributed by atoms with Gasteiger partial charge in [-0.25, -0.2) is 0 Å². The average Bonchev–Trinajstić information content (AvgIpc) is 2.28. The number of rotatable bonds is 3. The Morgan fingerprint density at radius 1 is 1.00 bits per heavy atom. The van der Waals surface area contributed by atoms with E-state index in [2.05, 4.69) is 50.2 Å². The average molecular weight is 228 g/mol. The summed E-state index contributed by atoms with van der Waals surface area (Å²) in [6, 6.07) is 12.8. The third-order valence-corrected chi connectivity index (χ3v) is 3.20. The quantitative estimate of drug-likeness (QED) is 0.845. The number of benzene rings is 2. The van der Waals surface area contributed by atoms with E-state index in [-0.39, 0.29) is 6.10 Å². The van der Waals surface area contributed by atoms with Crippen molar-refractivity contribution in [3.05, 3.63) is 47.5 Å². The summed E-state index contributed by atoms with van der Waals surface area (Å²) in [7, 11) is 0. The minimum atomic E-state index is -0.293. The number of fused-ring (bicyclic) bond motifs is 1. The van der Waals surface area contributed by atoms with E-state index in [0.717, 1.165) is 6.42 Å². The van der Waals surface area contributed by atoms with Crippen molar-refractivity contribution in [3.63, 3.8) is 0 Å². The van der Waals surface area contributed by atoms with Gasteiger partial charge in [-0.1, -0.05) is 50.2 Å². The van der Waals surface area contributed by atoms with Gasteiger partial charge in [0, 0.05) is 0 Å². The smallest absolute Gasteiger partial charge is 0.0552 e. The van der Waals surface area contributed by atoms with Crippen molar-refractivity contribution in [2.45, 2.75) is 39.2 Å². The molecule has 0 fully saturated rings. The van der Waals surface area contributed by atoms with Gasteiger partial charge in [0.05, 0.1) is 6.10 Å². The standard InChI is InChI=1S/C16H20O/c1-11(2)14-9-8-13-6-4-5-7-15(13)16(14)10-12(3)17/h4-9,11-12,17H,10H2,1-3H3. The fourth-order valence-electron chi connectivity index (χ4n) is 2.42. The summed E-state index contributed by atoms with van der Waals surface area (Å²) in [6.07, 6.45) is 0.438. The van der Waals surface area contributed by atoms with E-state index < -0.39 is 0 Å². The molecular weight excluding hydrogens is 208 g/mol. The molecule has 0 aliphatic carbocycles. The zero-order valence-corrected chi connectivity index (χ0v) is 10.8. The van der Waals surface area contributed by atoms with Gasteiger partial charge < -0.3 is 5.11 Å². The normalized spacial score (nSPS) is 13.2. The Morgan fingerprint density at radius 2 is 1.71 bits per heavy atom. The Balaban J connectivity index is 2.66. The molecule has 0 aliphatic heterocycles. The zero-order chi connectivity index (χ0) is 12.4. The molecule has 1 N–H and O–H groups in total. The molecule has 0 saturated heterocycles. The Kier molecular flexibility index (Phi) is 3.49. The zero-order valence-electron chi connectivity index (χ0n) is 10.8. The lowest BCUT2D eigenvalue weighted by atomic mass is 9.89. The van der Waals surface area contributed by atoms with E-state index in [4.69, 9.17) is 0 Å². The van der Waals surface area contributed by atoms with Crippen molar-refractivity contribution < 1.29 is 5.11 Å². The molecule has 1 nitrogen and oxygen atoms in total. The van der Waals surface area contributed by atoms with Gasteiger partial charge in [0.2, 0.25) is 0 Å². The molecule has 0 heterocycles. The Morgan fingerprint density at radius 3 is 2.35 bits per heavy atom. The van der Waals surface area contributed by atoms with E-state index in [9.17, 15) is 5.11 Å². The van der Waals surface area contributed by atoms with Gasteiger partial charge in [-0.2, -0.15) is 0 Å². The van der Waals surface area contributed by atoms with E-state index >= 15 is 0 Å². The van der Waals surface area contributed by atoms with Crippen molar-refractivity contribution in [1.29, 1.82) is 0 Å². The predicted molar refractivity (Wildman–Crippen MR) is 73.4 cm³/mol. The predicted octanol–water partition coefficient (Wildman–Crippen LogP) is 3.89. The molecule has 90 valence electrons. The van der Waals surface area contributed by atoms with E-state index in [0.29, 0.717) is 5.92 Å². The highest BCUT2D eigenvalue weighted by atomic mass is 16.3. The largest absolute Gasteiger partial charge is 0.393 e. The first-order chi connectivity index (χ1) is 8.09. The summed E-state index contributed by atoms with van der Waals surface area (Å²) in [6.45, 7) is 6.26. The molecule has 1 unspecified atom stereocenters. The fraction of sp³-hybridized carbons (Fsp3) is 0.375. The Hall–Kier alpha value is -1.34.